The molecule has 0 aromatic heterocycles. The Morgan fingerprint density at radius 1 is 0.103 bits per heavy atom. The average molecular weight is 441 g/mol. The molecule has 0 atom stereocenters. The van der Waals surface area contributed by atoms with Gasteiger partial charge in [0.15, 0.2) is 0 Å². The van der Waals surface area contributed by atoms with Crippen molar-refractivity contribution in [3.63, 3.8) is 0 Å². The van der Waals surface area contributed by atoms with Gasteiger partial charge in [-0.25, -0.2) is 0 Å². The maximum absolute atomic E-state index is 2.00. The van der Waals surface area contributed by atoms with Crippen LogP contribution in [-0.4, -0.2) is 0 Å². The van der Waals surface area contributed by atoms with Gasteiger partial charge in [-0.15, -0.1) is 0 Å². The van der Waals surface area contributed by atoms with Gasteiger partial charge in [-0.1, -0.05) is 203 Å². The first-order chi connectivity index (χ1) is 12.0. The van der Waals surface area contributed by atoms with Gasteiger partial charge in [0.1, 0.15) is 0 Å². The Morgan fingerprint density at radius 2 is 0.103 bits per heavy atom. The lowest BCUT2D eigenvalue weighted by Crippen LogP contribution is -0.856. The highest BCUT2D eigenvalue weighted by Crippen LogP contribution is 1.17. The lowest BCUT2D eigenvalue weighted by atomic mass is 11.0. The summed E-state index contributed by atoms with van der Waals surface area (Å²) in [6.45, 7) is 48.0. The predicted molar refractivity (Wildman–Crippen MR) is 170 cm³/mol. The van der Waals surface area contributed by atoms with Crippen molar-refractivity contribution in [3.05, 3.63) is 0 Å². The van der Waals surface area contributed by atoms with Gasteiger partial charge in [0.2, 0.25) is 0 Å². The van der Waals surface area contributed by atoms with E-state index in [-0.39, 0.29) is 37.1 Å². The molecule has 0 heteroatoms. The van der Waals surface area contributed by atoms with Crippen LogP contribution in [0, 0.1) is 0 Å². The van der Waals surface area contributed by atoms with Crippen molar-refractivity contribution in [2.24, 2.45) is 0 Å². The number of rotatable bonds is 0. The van der Waals surface area contributed by atoms with Crippen LogP contribution < -0.4 is 0 Å². The molecule has 0 nitrogen and oxygen atoms in total. The standard InChI is InChI=1S/12C2H6.5CH4/c12*1-2;;;;;/h12*1-2H3;5*1H4. The molecule has 29 heavy (non-hydrogen) atoms. The van der Waals surface area contributed by atoms with Crippen LogP contribution in [0.4, 0.5) is 0 Å². The normalized spacial score (nSPS) is 2.48. The minimum absolute atomic E-state index is 0. The van der Waals surface area contributed by atoms with E-state index in [9.17, 15) is 0 Å². The van der Waals surface area contributed by atoms with Crippen molar-refractivity contribution in [1.82, 2.24) is 0 Å². The van der Waals surface area contributed by atoms with E-state index in [1.807, 2.05) is 166 Å². The van der Waals surface area contributed by atoms with Crippen LogP contribution in [0.2, 0.25) is 0 Å². The fourth-order valence-electron chi connectivity index (χ4n) is 0. The summed E-state index contributed by atoms with van der Waals surface area (Å²) >= 11 is 0. The second kappa shape index (κ2) is 0. The second-order valence-electron chi connectivity index (χ2n) is 0. The van der Waals surface area contributed by atoms with Crippen molar-refractivity contribution >= 4 is 0 Å². The largest absolute Gasteiger partial charge is 0.0776 e. The quantitative estimate of drug-likeness (QED) is 0.351. The minimum atomic E-state index is 0. The molecule has 0 fully saturated rings. The third kappa shape index (κ3) is 0. The molecule has 0 bridgehead atoms. The van der Waals surface area contributed by atoms with Gasteiger partial charge >= 0.3 is 0 Å². The van der Waals surface area contributed by atoms with Crippen molar-refractivity contribution in [2.75, 3.05) is 0 Å². The van der Waals surface area contributed by atoms with Gasteiger partial charge in [-0.05, 0) is 0 Å². The Kier molecular flexibility index (Phi) is 0. The molecule has 0 aliphatic rings. The molecule has 0 aliphatic carbocycles. The zero-order chi connectivity index (χ0) is 24.0. The van der Waals surface area contributed by atoms with E-state index in [0.29, 0.717) is 0 Å². The summed E-state index contributed by atoms with van der Waals surface area (Å²) in [7, 11) is 0. The van der Waals surface area contributed by atoms with E-state index in [4.69, 9.17) is 0 Å². The molecule has 0 spiro atoms. The molecular weight excluding hydrogens is 348 g/mol. The molecule has 0 amide bonds. The zero-order valence-electron chi connectivity index (χ0n) is 24.0. The van der Waals surface area contributed by atoms with E-state index < -0.39 is 0 Å². The van der Waals surface area contributed by atoms with Gasteiger partial charge in [-0.3, -0.25) is 0 Å². The van der Waals surface area contributed by atoms with Gasteiger partial charge in [-0.2, -0.15) is 0 Å². The molecule has 0 saturated carbocycles. The summed E-state index contributed by atoms with van der Waals surface area (Å²) < 4.78 is 0. The van der Waals surface area contributed by atoms with Gasteiger partial charge < -0.3 is 0 Å². The molecule has 208 valence electrons. The maximum Gasteiger partial charge on any atom is -0.0683 e. The smallest absolute Gasteiger partial charge is 0.0683 e. The summed E-state index contributed by atoms with van der Waals surface area (Å²) in [6, 6.07) is 0. The first-order valence-corrected chi connectivity index (χ1v) is 12.0. The van der Waals surface area contributed by atoms with Gasteiger partial charge in [0.05, 0.1) is 0 Å². The summed E-state index contributed by atoms with van der Waals surface area (Å²) in [5, 5.41) is 0. The highest BCUT2D eigenvalue weighted by Gasteiger charge is 0.954. The lowest BCUT2D eigenvalue weighted by Gasteiger charge is -1.07. The molecule has 0 unspecified atom stereocenters. The maximum atomic E-state index is 2.00. The van der Waals surface area contributed by atoms with Crippen LogP contribution in [0.3, 0.4) is 0 Å². The Labute approximate surface area is 203 Å². The predicted octanol–water partition coefficient (Wildman–Crippen LogP) is 15.5. The van der Waals surface area contributed by atoms with Crippen LogP contribution in [0.1, 0.15) is 203 Å². The molecule has 0 saturated heterocycles. The summed E-state index contributed by atoms with van der Waals surface area (Å²) in [4.78, 5) is 0. The second-order valence-corrected chi connectivity index (χ2v) is 0. The molecule has 0 aromatic carbocycles. The van der Waals surface area contributed by atoms with E-state index in [1.54, 1.807) is 0 Å². The molecule has 0 heterocycles. The fourth-order valence-corrected chi connectivity index (χ4v) is 0. The van der Waals surface area contributed by atoms with Crippen LogP contribution in [0.5, 0.6) is 0 Å². The molecule has 0 rings (SSSR count). The Morgan fingerprint density at radius 3 is 0.103 bits per heavy atom. The van der Waals surface area contributed by atoms with Crippen LogP contribution in [0.15, 0.2) is 0 Å². The van der Waals surface area contributed by atoms with Crippen LogP contribution >= 0.6 is 0 Å². The van der Waals surface area contributed by atoms with Crippen molar-refractivity contribution < 1.29 is 0 Å². The van der Waals surface area contributed by atoms with Crippen molar-refractivity contribution in [2.45, 2.75) is 203 Å². The van der Waals surface area contributed by atoms with E-state index in [0.717, 1.165) is 0 Å². The van der Waals surface area contributed by atoms with Crippen LogP contribution in [-0.2, 0) is 0 Å². The lowest BCUT2D eigenvalue weighted by molar-refractivity contribution is 1.50. The molecule has 0 N–H and O–H groups in total. The first kappa shape index (κ1) is 158. The zero-order valence-corrected chi connectivity index (χ0v) is 24.0. The highest BCUT2D eigenvalue weighted by molar-refractivity contribution is 3.53. The Hall–Kier alpha value is 0. The van der Waals surface area contributed by atoms with Crippen molar-refractivity contribution in [1.29, 1.82) is 0 Å². The minimum Gasteiger partial charge on any atom is -0.0776 e. The van der Waals surface area contributed by atoms with E-state index >= 15 is 0 Å². The average Bonchev–Trinajstić information content (AvgIpc) is 2.84. The third-order valence-corrected chi connectivity index (χ3v) is 0. The molecular formula is C29H92. The number of hydrogen-bond donors (Lipinski definition) is 0. The summed E-state index contributed by atoms with van der Waals surface area (Å²) in [5.74, 6) is 0. The molecule has 0 radical (unpaired) electrons. The summed E-state index contributed by atoms with van der Waals surface area (Å²) in [6.07, 6.45) is 0. The SMILES string of the molecule is C.C.C.C.C.CC.CC.CC.CC.CC.CC.CC.CC.CC.CC.CC.CC. The fraction of sp³-hybridized carbons (Fsp3) is 1.00. The first-order valence-electron chi connectivity index (χ1n) is 12.0. The van der Waals surface area contributed by atoms with E-state index in [2.05, 4.69) is 0 Å². The Bertz CT molecular complexity index is 0. The monoisotopic (exact) mass is 441 g/mol. The topological polar surface area (TPSA) is 0 Å². The summed E-state index contributed by atoms with van der Waals surface area (Å²) in [5.41, 5.74) is 0. The Balaban J connectivity index is -0.00000000356. The van der Waals surface area contributed by atoms with Gasteiger partial charge in [0, 0.05) is 0 Å². The molecule has 0 aliphatic heterocycles. The third-order valence-electron chi connectivity index (χ3n) is 0. The highest BCUT2D eigenvalue weighted by atomic mass is 13.0. The molecule has 0 aromatic rings. The number of hydrogen-bond acceptors (Lipinski definition) is 0. The van der Waals surface area contributed by atoms with Gasteiger partial charge in [0.25, 0.3) is 0 Å². The van der Waals surface area contributed by atoms with E-state index in [1.165, 1.54) is 0 Å². The van der Waals surface area contributed by atoms with Crippen LogP contribution in [0.25, 0.3) is 0 Å². The van der Waals surface area contributed by atoms with Crippen molar-refractivity contribution in [3.8, 4) is 0 Å².